The number of nitrogens with one attached hydrogen (secondary N) is 1. The van der Waals surface area contributed by atoms with Crippen molar-refractivity contribution in [3.63, 3.8) is 0 Å². The van der Waals surface area contributed by atoms with Gasteiger partial charge in [0.1, 0.15) is 6.61 Å². The first-order valence-electron chi connectivity index (χ1n) is 11.5. The lowest BCUT2D eigenvalue weighted by Gasteiger charge is -2.17. The highest BCUT2D eigenvalue weighted by molar-refractivity contribution is 7.99. The molecule has 1 heterocycles. The van der Waals surface area contributed by atoms with E-state index in [9.17, 15) is 4.79 Å². The molecule has 3 aromatic rings. The van der Waals surface area contributed by atoms with E-state index in [2.05, 4.69) is 27.1 Å². The van der Waals surface area contributed by atoms with E-state index >= 15 is 0 Å². The molecule has 194 valence electrons. The molecule has 0 bridgehead atoms. The third kappa shape index (κ3) is 8.77. The Morgan fingerprint density at radius 3 is 2.54 bits per heavy atom. The van der Waals surface area contributed by atoms with Gasteiger partial charge in [0.2, 0.25) is 0 Å². The van der Waals surface area contributed by atoms with Crippen molar-refractivity contribution in [2.24, 2.45) is 5.10 Å². The van der Waals surface area contributed by atoms with Crippen LogP contribution >= 0.6 is 35.0 Å². The van der Waals surface area contributed by atoms with Gasteiger partial charge in [0.25, 0.3) is 5.91 Å². The number of aromatic nitrogens is 2. The predicted molar refractivity (Wildman–Crippen MR) is 150 cm³/mol. The summed E-state index contributed by atoms with van der Waals surface area (Å²) in [5.41, 5.74) is 6.75. The molecule has 0 aliphatic heterocycles. The van der Waals surface area contributed by atoms with Gasteiger partial charge < -0.3 is 9.47 Å². The number of hydrogen-bond acceptors (Lipinski definition) is 7. The van der Waals surface area contributed by atoms with Crippen LogP contribution in [0.2, 0.25) is 10.0 Å². The molecule has 1 aromatic heterocycles. The van der Waals surface area contributed by atoms with Crippen LogP contribution in [0.5, 0.6) is 11.5 Å². The van der Waals surface area contributed by atoms with E-state index in [4.69, 9.17) is 32.7 Å². The third-order valence-electron chi connectivity index (χ3n) is 4.88. The summed E-state index contributed by atoms with van der Waals surface area (Å²) in [6.07, 6.45) is 3.90. The first-order valence-corrected chi connectivity index (χ1v) is 13.3. The second-order valence-electron chi connectivity index (χ2n) is 7.99. The summed E-state index contributed by atoms with van der Waals surface area (Å²) in [4.78, 5) is 20.9. The van der Waals surface area contributed by atoms with E-state index < -0.39 is 0 Å². The molecule has 10 heteroatoms. The summed E-state index contributed by atoms with van der Waals surface area (Å²) < 4.78 is 12.0. The fourth-order valence-electron chi connectivity index (χ4n) is 3.38. The average molecular weight is 560 g/mol. The highest BCUT2D eigenvalue weighted by atomic mass is 35.5. The number of amides is 1. The molecule has 3 rings (SSSR count). The van der Waals surface area contributed by atoms with Gasteiger partial charge in [0.05, 0.1) is 28.6 Å². The molecule has 1 N–H and O–H groups in total. The van der Waals surface area contributed by atoms with E-state index in [-0.39, 0.29) is 18.3 Å². The largest absolute Gasteiger partial charge is 0.490 e. The van der Waals surface area contributed by atoms with Crippen molar-refractivity contribution in [2.45, 2.75) is 39.0 Å². The Bertz CT molecular complexity index is 1280. The first-order chi connectivity index (χ1) is 17.8. The molecule has 0 unspecified atom stereocenters. The zero-order valence-corrected chi connectivity index (χ0v) is 23.2. The zero-order chi connectivity index (χ0) is 26.8. The summed E-state index contributed by atoms with van der Waals surface area (Å²) in [5, 5.41) is 5.62. The summed E-state index contributed by atoms with van der Waals surface area (Å²) in [6, 6.07) is 11.0. The molecule has 0 radical (unpaired) electrons. The molecule has 2 aromatic carbocycles. The summed E-state index contributed by atoms with van der Waals surface area (Å²) in [6.45, 7) is 10.3. The Balaban J connectivity index is 1.70. The van der Waals surface area contributed by atoms with E-state index in [1.54, 1.807) is 24.4 Å². The molecular weight excluding hydrogens is 531 g/mol. The maximum Gasteiger partial charge on any atom is 0.250 e. The molecule has 1 amide bonds. The normalized spacial score (nSPS) is 10.9. The minimum absolute atomic E-state index is 0.146. The molecule has 0 saturated carbocycles. The van der Waals surface area contributed by atoms with Crippen LogP contribution in [0.25, 0.3) is 0 Å². The first kappa shape index (κ1) is 28.5. The van der Waals surface area contributed by atoms with Crippen molar-refractivity contribution in [3.8, 4) is 11.5 Å². The van der Waals surface area contributed by atoms with E-state index in [1.165, 1.54) is 11.8 Å². The maximum atomic E-state index is 12.3. The topological polar surface area (TPSA) is 85.7 Å². The standard InChI is InChI=1S/C27H28Cl2N4O3S/c1-5-7-21-11-20(14-30-33-25(34)16-37-27-31-17(3)10-18(4)32-27)13-24(35-6-2)26(21)36-15-19-8-9-22(28)23(29)12-19/h5,8-14H,1,6-7,15-16H2,2-4H3,(H,33,34)/b30-14-. The molecule has 0 aliphatic carbocycles. The zero-order valence-electron chi connectivity index (χ0n) is 20.9. The predicted octanol–water partition coefficient (Wildman–Crippen LogP) is 6.35. The highest BCUT2D eigenvalue weighted by Gasteiger charge is 2.14. The number of rotatable bonds is 12. The minimum Gasteiger partial charge on any atom is -0.490 e. The Labute approximate surface area is 231 Å². The summed E-state index contributed by atoms with van der Waals surface area (Å²) >= 11 is 13.4. The van der Waals surface area contributed by atoms with Crippen molar-refractivity contribution in [1.82, 2.24) is 15.4 Å². The minimum atomic E-state index is -0.262. The molecule has 0 spiro atoms. The van der Waals surface area contributed by atoms with Gasteiger partial charge in [-0.25, -0.2) is 15.4 Å². The van der Waals surface area contributed by atoms with Crippen LogP contribution in [-0.4, -0.2) is 34.4 Å². The lowest BCUT2D eigenvalue weighted by Crippen LogP contribution is -2.19. The molecule has 7 nitrogen and oxygen atoms in total. The Kier molecular flexibility index (Phi) is 10.8. The Morgan fingerprint density at radius 1 is 1.11 bits per heavy atom. The van der Waals surface area contributed by atoms with E-state index in [1.807, 2.05) is 45.0 Å². The number of nitrogens with zero attached hydrogens (tertiary/aromatic N) is 3. The van der Waals surface area contributed by atoms with E-state index in [0.29, 0.717) is 39.7 Å². The van der Waals surface area contributed by atoms with E-state index in [0.717, 1.165) is 28.1 Å². The van der Waals surface area contributed by atoms with Gasteiger partial charge in [-0.05, 0) is 68.7 Å². The van der Waals surface area contributed by atoms with Gasteiger partial charge in [-0.3, -0.25) is 4.79 Å². The van der Waals surface area contributed by atoms with Crippen LogP contribution in [0, 0.1) is 13.8 Å². The number of carbonyl (C=O) groups excluding carboxylic acids is 1. The van der Waals surface area contributed by atoms with Gasteiger partial charge >= 0.3 is 0 Å². The average Bonchev–Trinajstić information content (AvgIpc) is 2.84. The number of ether oxygens (including phenoxy) is 2. The number of carbonyl (C=O) groups is 1. The number of halogens is 2. The monoisotopic (exact) mass is 558 g/mol. The quantitative estimate of drug-likeness (QED) is 0.0916. The second-order valence-corrected chi connectivity index (χ2v) is 9.74. The summed E-state index contributed by atoms with van der Waals surface area (Å²) in [7, 11) is 0. The SMILES string of the molecule is C=CCc1cc(/C=N\NC(=O)CSc2nc(C)cc(C)n2)cc(OCC)c1OCc1ccc(Cl)c(Cl)c1. The van der Waals surface area contributed by atoms with Crippen LogP contribution in [0.15, 0.2) is 59.3 Å². The van der Waals surface area contributed by atoms with Crippen molar-refractivity contribution < 1.29 is 14.3 Å². The molecule has 0 fully saturated rings. The van der Waals surface area contributed by atoms with Crippen LogP contribution in [0.1, 0.15) is 35.0 Å². The molecule has 0 aliphatic rings. The van der Waals surface area contributed by atoms with Crippen molar-refractivity contribution in [1.29, 1.82) is 0 Å². The molecular formula is C27H28Cl2N4O3S. The Morgan fingerprint density at radius 2 is 1.86 bits per heavy atom. The molecule has 0 saturated heterocycles. The van der Waals surface area contributed by atoms with Crippen molar-refractivity contribution >= 4 is 47.1 Å². The number of thioether (sulfide) groups is 1. The number of aryl methyl sites for hydroxylation is 2. The fourth-order valence-corrected chi connectivity index (χ4v) is 4.44. The molecule has 0 atom stereocenters. The Hall–Kier alpha value is -3.07. The number of benzene rings is 2. The highest BCUT2D eigenvalue weighted by Crippen LogP contribution is 2.34. The van der Waals surface area contributed by atoms with Gasteiger partial charge in [-0.2, -0.15) is 5.10 Å². The van der Waals surface area contributed by atoms with Gasteiger partial charge in [-0.1, -0.05) is 47.1 Å². The third-order valence-corrected chi connectivity index (χ3v) is 6.47. The maximum absolute atomic E-state index is 12.3. The fraction of sp³-hybridized carbons (Fsp3) is 0.259. The van der Waals surface area contributed by atoms with Crippen LogP contribution in [0.3, 0.4) is 0 Å². The molecule has 37 heavy (non-hydrogen) atoms. The van der Waals surface area contributed by atoms with Crippen LogP contribution in [0.4, 0.5) is 0 Å². The van der Waals surface area contributed by atoms with Gasteiger partial charge in [0.15, 0.2) is 16.7 Å². The second kappa shape index (κ2) is 14.0. The smallest absolute Gasteiger partial charge is 0.250 e. The number of allylic oxidation sites excluding steroid dienone is 1. The summed E-state index contributed by atoms with van der Waals surface area (Å²) in [5.74, 6) is 1.06. The van der Waals surface area contributed by atoms with Crippen LogP contribution in [-0.2, 0) is 17.8 Å². The van der Waals surface area contributed by atoms with Gasteiger partial charge in [-0.15, -0.1) is 6.58 Å². The number of hydrazone groups is 1. The number of hydrogen-bond donors (Lipinski definition) is 1. The van der Waals surface area contributed by atoms with Gasteiger partial charge in [0, 0.05) is 17.0 Å². The lowest BCUT2D eigenvalue weighted by atomic mass is 10.1. The van der Waals surface area contributed by atoms with Crippen molar-refractivity contribution in [2.75, 3.05) is 12.4 Å². The van der Waals surface area contributed by atoms with Crippen molar-refractivity contribution in [3.05, 3.63) is 87.2 Å². The van der Waals surface area contributed by atoms with Crippen LogP contribution < -0.4 is 14.9 Å². The lowest BCUT2D eigenvalue weighted by molar-refractivity contribution is -0.118.